The maximum Gasteiger partial charge on any atom is 0.243 e. The largest absolute Gasteiger partial charge is 0.368 e. The molecule has 1 fully saturated rings. The number of aromatic nitrogens is 1. The van der Waals surface area contributed by atoms with Crippen molar-refractivity contribution in [1.82, 2.24) is 9.29 Å². The molecule has 0 atom stereocenters. The van der Waals surface area contributed by atoms with Crippen LogP contribution in [0.1, 0.15) is 0 Å². The van der Waals surface area contributed by atoms with E-state index in [4.69, 9.17) is 0 Å². The van der Waals surface area contributed by atoms with Crippen LogP contribution in [0.15, 0.2) is 65.7 Å². The highest BCUT2D eigenvalue weighted by Crippen LogP contribution is 2.28. The van der Waals surface area contributed by atoms with Crippen LogP contribution in [0.2, 0.25) is 0 Å². The van der Waals surface area contributed by atoms with E-state index in [1.54, 1.807) is 28.6 Å². The molecule has 1 aliphatic heterocycles. The molecule has 0 amide bonds. The molecule has 1 saturated heterocycles. The Labute approximate surface area is 141 Å². The summed E-state index contributed by atoms with van der Waals surface area (Å²) >= 11 is 0. The number of benzene rings is 2. The molecule has 0 radical (unpaired) electrons. The lowest BCUT2D eigenvalue weighted by molar-refractivity contribution is 0.385. The maximum absolute atomic E-state index is 12.7. The zero-order valence-electron chi connectivity index (χ0n) is 13.2. The Kier molecular flexibility index (Phi) is 3.78. The number of hydrogen-bond acceptors (Lipinski definition) is 3. The summed E-state index contributed by atoms with van der Waals surface area (Å²) in [5.74, 6) is 0. The van der Waals surface area contributed by atoms with Crippen molar-refractivity contribution < 1.29 is 8.42 Å². The number of H-pyrrole nitrogens is 1. The average Bonchev–Trinajstić information content (AvgIpc) is 3.11. The third kappa shape index (κ3) is 2.57. The van der Waals surface area contributed by atoms with Gasteiger partial charge in [-0.05, 0) is 30.3 Å². The number of anilines is 1. The molecule has 1 aliphatic rings. The minimum atomic E-state index is -3.40. The third-order valence-corrected chi connectivity index (χ3v) is 6.45. The van der Waals surface area contributed by atoms with E-state index >= 15 is 0 Å². The van der Waals surface area contributed by atoms with Crippen LogP contribution < -0.4 is 4.90 Å². The Morgan fingerprint density at radius 3 is 2.33 bits per heavy atom. The molecule has 2 heterocycles. The number of nitrogens with one attached hydrogen (secondary N) is 1. The lowest BCUT2D eigenvalue weighted by Gasteiger charge is -2.35. The molecule has 5 nitrogen and oxygen atoms in total. The van der Waals surface area contributed by atoms with E-state index in [9.17, 15) is 8.42 Å². The van der Waals surface area contributed by atoms with Crippen LogP contribution in [0.3, 0.4) is 0 Å². The molecular formula is C18H19N3O2S. The zero-order valence-corrected chi connectivity index (χ0v) is 14.0. The van der Waals surface area contributed by atoms with E-state index in [-0.39, 0.29) is 0 Å². The van der Waals surface area contributed by atoms with Gasteiger partial charge in [0, 0.05) is 49.0 Å². The van der Waals surface area contributed by atoms with E-state index < -0.39 is 10.0 Å². The summed E-state index contributed by atoms with van der Waals surface area (Å²) in [6.45, 7) is 2.38. The molecule has 0 saturated carbocycles. The molecule has 0 bridgehead atoms. The van der Waals surface area contributed by atoms with Gasteiger partial charge in [0.25, 0.3) is 0 Å². The summed E-state index contributed by atoms with van der Waals surface area (Å²) in [6.07, 6.45) is 1.93. The monoisotopic (exact) mass is 341 g/mol. The van der Waals surface area contributed by atoms with E-state index in [1.165, 1.54) is 5.39 Å². The third-order valence-electron chi connectivity index (χ3n) is 4.53. The summed E-state index contributed by atoms with van der Waals surface area (Å²) in [4.78, 5) is 5.84. The van der Waals surface area contributed by atoms with Gasteiger partial charge in [0.1, 0.15) is 0 Å². The van der Waals surface area contributed by atoms with Crippen LogP contribution in [-0.2, 0) is 10.0 Å². The van der Waals surface area contributed by atoms with E-state index in [0.717, 1.165) is 11.2 Å². The van der Waals surface area contributed by atoms with Crippen molar-refractivity contribution in [1.29, 1.82) is 0 Å². The van der Waals surface area contributed by atoms with Gasteiger partial charge in [0.05, 0.1) is 4.90 Å². The molecule has 124 valence electrons. The molecule has 0 spiro atoms. The first kappa shape index (κ1) is 15.2. The zero-order chi connectivity index (χ0) is 16.6. The fourth-order valence-corrected chi connectivity index (χ4v) is 4.70. The summed E-state index contributed by atoms with van der Waals surface area (Å²) in [5, 5.41) is 1.18. The fourth-order valence-electron chi connectivity index (χ4n) is 3.26. The number of piperazine rings is 1. The Hall–Kier alpha value is -2.31. The number of nitrogens with zero attached hydrogens (tertiary/aromatic N) is 2. The fraction of sp³-hybridized carbons (Fsp3) is 0.222. The van der Waals surface area contributed by atoms with Crippen LogP contribution in [0.5, 0.6) is 0 Å². The number of rotatable bonds is 3. The first-order valence-corrected chi connectivity index (χ1v) is 9.46. The van der Waals surface area contributed by atoms with Crippen molar-refractivity contribution in [3.63, 3.8) is 0 Å². The first-order chi connectivity index (χ1) is 11.7. The predicted octanol–water partition coefficient (Wildman–Crippen LogP) is 2.68. The van der Waals surface area contributed by atoms with Gasteiger partial charge in [-0.15, -0.1) is 0 Å². The van der Waals surface area contributed by atoms with Crippen LogP contribution in [0.4, 0.5) is 5.69 Å². The molecule has 2 aromatic carbocycles. The topological polar surface area (TPSA) is 56.4 Å². The molecule has 0 unspecified atom stereocenters. The van der Waals surface area contributed by atoms with E-state index in [2.05, 4.69) is 28.1 Å². The molecule has 0 aliphatic carbocycles. The number of hydrogen-bond donors (Lipinski definition) is 1. The van der Waals surface area contributed by atoms with Gasteiger partial charge in [-0.1, -0.05) is 24.3 Å². The maximum atomic E-state index is 12.7. The van der Waals surface area contributed by atoms with Gasteiger partial charge in [0.2, 0.25) is 10.0 Å². The number of fused-ring (bicyclic) bond motifs is 1. The molecule has 3 aromatic rings. The molecule has 1 aromatic heterocycles. The Morgan fingerprint density at radius 2 is 1.58 bits per heavy atom. The molecule has 6 heteroatoms. The minimum Gasteiger partial charge on any atom is -0.368 e. The van der Waals surface area contributed by atoms with Crippen molar-refractivity contribution in [3.8, 4) is 0 Å². The molecule has 24 heavy (non-hydrogen) atoms. The van der Waals surface area contributed by atoms with Gasteiger partial charge in [-0.2, -0.15) is 4.31 Å². The molecule has 1 N–H and O–H groups in total. The Balaban J connectivity index is 1.54. The highest BCUT2D eigenvalue weighted by molar-refractivity contribution is 7.89. The van der Waals surface area contributed by atoms with Crippen molar-refractivity contribution >= 4 is 26.6 Å². The van der Waals surface area contributed by atoms with Gasteiger partial charge < -0.3 is 9.88 Å². The minimum absolute atomic E-state index is 0.367. The van der Waals surface area contributed by atoms with E-state index in [0.29, 0.717) is 31.1 Å². The second kappa shape index (κ2) is 5.96. The number of sulfonamides is 1. The van der Waals surface area contributed by atoms with Crippen molar-refractivity contribution in [2.24, 2.45) is 0 Å². The molecule has 4 rings (SSSR count). The normalized spacial score (nSPS) is 16.6. The number of aromatic amines is 1. The quantitative estimate of drug-likeness (QED) is 0.797. The first-order valence-electron chi connectivity index (χ1n) is 8.02. The highest BCUT2D eigenvalue weighted by atomic mass is 32.2. The smallest absolute Gasteiger partial charge is 0.243 e. The van der Waals surface area contributed by atoms with Gasteiger partial charge in [0.15, 0.2) is 0 Å². The summed E-state index contributed by atoms with van der Waals surface area (Å²) in [7, 11) is -3.40. The summed E-state index contributed by atoms with van der Waals surface area (Å²) < 4.78 is 27.0. The highest BCUT2D eigenvalue weighted by Gasteiger charge is 2.28. The van der Waals surface area contributed by atoms with Gasteiger partial charge >= 0.3 is 0 Å². The van der Waals surface area contributed by atoms with Crippen LogP contribution in [-0.4, -0.2) is 43.9 Å². The van der Waals surface area contributed by atoms with Crippen LogP contribution in [0, 0.1) is 0 Å². The van der Waals surface area contributed by atoms with Crippen molar-refractivity contribution in [2.45, 2.75) is 4.90 Å². The predicted molar refractivity (Wildman–Crippen MR) is 95.7 cm³/mol. The van der Waals surface area contributed by atoms with Gasteiger partial charge in [-0.3, -0.25) is 0 Å². The van der Waals surface area contributed by atoms with Gasteiger partial charge in [-0.25, -0.2) is 8.42 Å². The molecular weight excluding hydrogens is 322 g/mol. The Morgan fingerprint density at radius 1 is 0.833 bits per heavy atom. The standard InChI is InChI=1S/C18H19N3O2S/c22-24(23,15-5-2-1-3-6-15)21-13-11-20(12-14-21)18-8-4-7-17-16(18)9-10-19-17/h1-10,19H,11-14H2. The van der Waals surface area contributed by atoms with Crippen LogP contribution in [0.25, 0.3) is 10.9 Å². The lowest BCUT2D eigenvalue weighted by atomic mass is 10.2. The van der Waals surface area contributed by atoms with Crippen molar-refractivity contribution in [3.05, 3.63) is 60.8 Å². The second-order valence-electron chi connectivity index (χ2n) is 5.92. The SMILES string of the molecule is O=S(=O)(c1ccccc1)N1CCN(c2cccc3[nH]ccc23)CC1. The van der Waals surface area contributed by atoms with E-state index in [1.807, 2.05) is 18.3 Å². The summed E-state index contributed by atoms with van der Waals surface area (Å²) in [6, 6.07) is 16.9. The van der Waals surface area contributed by atoms with Crippen LogP contribution >= 0.6 is 0 Å². The van der Waals surface area contributed by atoms with Crippen molar-refractivity contribution in [2.75, 3.05) is 31.1 Å². The Bertz CT molecular complexity index is 943. The average molecular weight is 341 g/mol. The summed E-state index contributed by atoms with van der Waals surface area (Å²) in [5.41, 5.74) is 2.26. The second-order valence-corrected chi connectivity index (χ2v) is 7.86. The lowest BCUT2D eigenvalue weighted by Crippen LogP contribution is -2.48.